The molecule has 2 aliphatic rings. The fourth-order valence-corrected chi connectivity index (χ4v) is 7.02. The van der Waals surface area contributed by atoms with E-state index in [1.54, 1.807) is 0 Å². The van der Waals surface area contributed by atoms with Gasteiger partial charge in [0.1, 0.15) is 0 Å². The maximum Gasteiger partial charge on any atom is 0.0462 e. The Morgan fingerprint density at radius 1 is 0.436 bits per heavy atom. The van der Waals surface area contributed by atoms with Crippen molar-refractivity contribution in [3.05, 3.63) is 126 Å². The van der Waals surface area contributed by atoms with Gasteiger partial charge in [0, 0.05) is 17.1 Å². The van der Waals surface area contributed by atoms with E-state index in [-0.39, 0.29) is 0 Å². The molecule has 0 heterocycles. The Morgan fingerprint density at radius 3 is 1.44 bits per heavy atom. The first kappa shape index (κ1) is 24.2. The van der Waals surface area contributed by atoms with Gasteiger partial charge >= 0.3 is 0 Å². The van der Waals surface area contributed by atoms with Gasteiger partial charge in [0.25, 0.3) is 0 Å². The second-order valence-electron chi connectivity index (χ2n) is 11.6. The smallest absolute Gasteiger partial charge is 0.0462 e. The maximum atomic E-state index is 2.42. The minimum atomic E-state index is 0.734. The average Bonchev–Trinajstić information content (AvgIpc) is 3.74. The highest BCUT2D eigenvalue weighted by atomic mass is 15.1. The van der Waals surface area contributed by atoms with Crippen molar-refractivity contribution in [2.45, 2.75) is 63.2 Å². The van der Waals surface area contributed by atoms with Crippen LogP contribution in [0.15, 0.2) is 115 Å². The molecule has 0 amide bonds. The topological polar surface area (TPSA) is 3.24 Å². The Balaban J connectivity index is 1.25. The third-order valence-corrected chi connectivity index (χ3v) is 9.18. The van der Waals surface area contributed by atoms with Crippen LogP contribution in [0, 0.1) is 0 Å². The highest BCUT2D eigenvalue weighted by molar-refractivity contribution is 5.97. The number of hydrogen-bond donors (Lipinski definition) is 0. The van der Waals surface area contributed by atoms with Gasteiger partial charge in [-0.1, -0.05) is 105 Å². The molecule has 7 rings (SSSR count). The van der Waals surface area contributed by atoms with Crippen LogP contribution in [0.3, 0.4) is 0 Å². The van der Waals surface area contributed by atoms with E-state index < -0.39 is 0 Å². The van der Waals surface area contributed by atoms with Gasteiger partial charge in [0.05, 0.1) is 0 Å². The first-order valence-corrected chi connectivity index (χ1v) is 14.9. The van der Waals surface area contributed by atoms with E-state index in [0.717, 1.165) is 11.8 Å². The summed E-state index contributed by atoms with van der Waals surface area (Å²) < 4.78 is 0. The number of hydrogen-bond acceptors (Lipinski definition) is 1. The molecular formula is C38H37N. The van der Waals surface area contributed by atoms with Crippen LogP contribution in [0.2, 0.25) is 0 Å². The Hall–Kier alpha value is -3.84. The van der Waals surface area contributed by atoms with E-state index in [4.69, 9.17) is 0 Å². The summed E-state index contributed by atoms with van der Waals surface area (Å²) in [5.41, 5.74) is 9.18. The number of benzene rings is 5. The molecule has 1 nitrogen and oxygen atoms in total. The molecule has 194 valence electrons. The van der Waals surface area contributed by atoms with Crippen molar-refractivity contribution < 1.29 is 0 Å². The van der Waals surface area contributed by atoms with Crippen LogP contribution in [0.1, 0.15) is 74.3 Å². The second-order valence-corrected chi connectivity index (χ2v) is 11.6. The maximum absolute atomic E-state index is 2.42. The van der Waals surface area contributed by atoms with Gasteiger partial charge in [0.15, 0.2) is 0 Å². The van der Waals surface area contributed by atoms with Gasteiger partial charge in [-0.3, -0.25) is 0 Å². The van der Waals surface area contributed by atoms with Crippen LogP contribution in [-0.4, -0.2) is 0 Å². The molecule has 39 heavy (non-hydrogen) atoms. The zero-order valence-electron chi connectivity index (χ0n) is 22.7. The molecule has 0 radical (unpaired) electrons. The molecule has 0 N–H and O–H groups in total. The van der Waals surface area contributed by atoms with E-state index in [1.807, 2.05) is 0 Å². The molecule has 1 heteroatoms. The predicted octanol–water partition coefficient (Wildman–Crippen LogP) is 11.3. The van der Waals surface area contributed by atoms with Gasteiger partial charge in [-0.25, -0.2) is 0 Å². The summed E-state index contributed by atoms with van der Waals surface area (Å²) in [4.78, 5) is 2.42. The highest BCUT2D eigenvalue weighted by Gasteiger charge is 2.20. The van der Waals surface area contributed by atoms with E-state index in [0.29, 0.717) is 0 Å². The molecule has 2 fully saturated rings. The monoisotopic (exact) mass is 507 g/mol. The van der Waals surface area contributed by atoms with Gasteiger partial charge in [-0.15, -0.1) is 0 Å². The summed E-state index contributed by atoms with van der Waals surface area (Å²) in [6.45, 7) is 0. The lowest BCUT2D eigenvalue weighted by Crippen LogP contribution is -2.10. The fourth-order valence-electron chi connectivity index (χ4n) is 7.02. The van der Waals surface area contributed by atoms with E-state index in [1.165, 1.54) is 101 Å². The zero-order valence-corrected chi connectivity index (χ0v) is 22.7. The van der Waals surface area contributed by atoms with Crippen LogP contribution >= 0.6 is 0 Å². The number of anilines is 3. The summed E-state index contributed by atoms with van der Waals surface area (Å²) in [5.74, 6) is 1.47. The number of rotatable bonds is 6. The standard InChI is InChI=1S/C38H37N/c1-2-9-28(8-1)30-16-22-34(23-17-30)39(35-24-18-31(19-25-35)29-10-3-4-11-29)36-26-20-33(21-27-36)38-15-7-13-32-12-5-6-14-37(32)38/h5-7,12-29H,1-4,8-11H2. The van der Waals surface area contributed by atoms with E-state index in [9.17, 15) is 0 Å². The van der Waals surface area contributed by atoms with Gasteiger partial charge in [-0.05, 0) is 107 Å². The van der Waals surface area contributed by atoms with Crippen LogP contribution < -0.4 is 4.90 Å². The third-order valence-electron chi connectivity index (χ3n) is 9.18. The molecule has 2 aliphatic carbocycles. The highest BCUT2D eigenvalue weighted by Crippen LogP contribution is 2.41. The van der Waals surface area contributed by atoms with Crippen molar-refractivity contribution in [3.8, 4) is 11.1 Å². The Morgan fingerprint density at radius 2 is 0.897 bits per heavy atom. The van der Waals surface area contributed by atoms with Gasteiger partial charge < -0.3 is 4.90 Å². The lowest BCUT2D eigenvalue weighted by Gasteiger charge is -2.27. The van der Waals surface area contributed by atoms with Crippen LogP contribution in [-0.2, 0) is 0 Å². The van der Waals surface area contributed by atoms with Crippen molar-refractivity contribution in [3.63, 3.8) is 0 Å². The summed E-state index contributed by atoms with van der Waals surface area (Å²) in [6, 6.07) is 43.2. The van der Waals surface area contributed by atoms with Gasteiger partial charge in [-0.2, -0.15) is 0 Å². The van der Waals surface area contributed by atoms with Crippen molar-refractivity contribution in [1.82, 2.24) is 0 Å². The van der Waals surface area contributed by atoms with E-state index in [2.05, 4.69) is 120 Å². The molecule has 0 saturated heterocycles. The number of nitrogens with zero attached hydrogens (tertiary/aromatic N) is 1. The minimum Gasteiger partial charge on any atom is -0.311 e. The number of fused-ring (bicyclic) bond motifs is 1. The molecule has 0 atom stereocenters. The molecule has 0 aromatic heterocycles. The molecule has 5 aromatic carbocycles. The van der Waals surface area contributed by atoms with Crippen LogP contribution in [0.25, 0.3) is 21.9 Å². The third kappa shape index (κ3) is 4.87. The SMILES string of the molecule is c1ccc2c(-c3ccc(N(c4ccc(C5CCCC5)cc4)c4ccc(C5CCCC5)cc4)cc3)cccc2c1. The Kier molecular flexibility index (Phi) is 6.66. The van der Waals surface area contributed by atoms with Crippen LogP contribution in [0.4, 0.5) is 17.1 Å². The van der Waals surface area contributed by atoms with Crippen molar-refractivity contribution in [2.75, 3.05) is 4.90 Å². The summed E-state index contributed by atoms with van der Waals surface area (Å²) in [6.07, 6.45) is 10.8. The van der Waals surface area contributed by atoms with Crippen molar-refractivity contribution >= 4 is 27.8 Å². The molecule has 0 spiro atoms. The first-order valence-electron chi connectivity index (χ1n) is 14.9. The van der Waals surface area contributed by atoms with E-state index >= 15 is 0 Å². The van der Waals surface area contributed by atoms with Gasteiger partial charge in [0.2, 0.25) is 0 Å². The summed E-state index contributed by atoms with van der Waals surface area (Å²) in [7, 11) is 0. The average molecular weight is 508 g/mol. The normalized spacial score (nSPS) is 16.2. The molecule has 0 bridgehead atoms. The quantitative estimate of drug-likeness (QED) is 0.221. The second kappa shape index (κ2) is 10.7. The molecule has 5 aromatic rings. The molecule has 0 aliphatic heterocycles. The lowest BCUT2D eigenvalue weighted by molar-refractivity contribution is 0.723. The van der Waals surface area contributed by atoms with Crippen LogP contribution in [0.5, 0.6) is 0 Å². The Bertz CT molecular complexity index is 1470. The zero-order chi connectivity index (χ0) is 26.0. The minimum absolute atomic E-state index is 0.734. The predicted molar refractivity (Wildman–Crippen MR) is 166 cm³/mol. The largest absolute Gasteiger partial charge is 0.311 e. The van der Waals surface area contributed by atoms with Crippen molar-refractivity contribution in [2.24, 2.45) is 0 Å². The molecule has 0 unspecified atom stereocenters. The summed E-state index contributed by atoms with van der Waals surface area (Å²) >= 11 is 0. The summed E-state index contributed by atoms with van der Waals surface area (Å²) in [5, 5.41) is 2.58. The molecular weight excluding hydrogens is 470 g/mol. The first-order chi connectivity index (χ1) is 19.3. The molecule has 2 saturated carbocycles. The van der Waals surface area contributed by atoms with Crippen molar-refractivity contribution in [1.29, 1.82) is 0 Å². The lowest BCUT2D eigenvalue weighted by atomic mass is 9.96. The fraction of sp³-hybridized carbons (Fsp3) is 0.263. The Labute approximate surface area is 233 Å².